The summed E-state index contributed by atoms with van der Waals surface area (Å²) in [5, 5.41) is 3.45. The van der Waals surface area contributed by atoms with Crippen LogP contribution in [0.1, 0.15) is 27.9 Å². The van der Waals surface area contributed by atoms with Gasteiger partial charge in [0, 0.05) is 22.7 Å². The molecule has 1 amide bonds. The average molecular weight is 394 g/mol. The molecule has 0 atom stereocenters. The lowest BCUT2D eigenvalue weighted by Gasteiger charge is -2.10. The van der Waals surface area contributed by atoms with Crippen LogP contribution in [0.4, 0.5) is 5.69 Å². The van der Waals surface area contributed by atoms with E-state index in [2.05, 4.69) is 15.3 Å². The maximum atomic E-state index is 12.5. The molecule has 1 aromatic heterocycles. The lowest BCUT2D eigenvalue weighted by molar-refractivity contribution is -0.115. The number of rotatable bonds is 6. The SMILES string of the molecule is Cc1ccc(C)c(NC(=O)Cc2c(C)nc(SCc3ccccc3)[nH]c2=O)c1. The van der Waals surface area contributed by atoms with Gasteiger partial charge in [0.1, 0.15) is 0 Å². The van der Waals surface area contributed by atoms with Crippen LogP contribution in [-0.2, 0) is 17.0 Å². The van der Waals surface area contributed by atoms with Crippen molar-refractivity contribution in [3.63, 3.8) is 0 Å². The summed E-state index contributed by atoms with van der Waals surface area (Å²) in [6, 6.07) is 15.9. The molecule has 0 fully saturated rings. The van der Waals surface area contributed by atoms with Crippen LogP contribution >= 0.6 is 11.8 Å². The Kier molecular flexibility index (Phi) is 6.31. The summed E-state index contributed by atoms with van der Waals surface area (Å²) in [6.45, 7) is 5.68. The van der Waals surface area contributed by atoms with Crippen molar-refractivity contribution in [1.29, 1.82) is 0 Å². The number of anilines is 1. The van der Waals surface area contributed by atoms with Crippen LogP contribution in [0.3, 0.4) is 0 Å². The van der Waals surface area contributed by atoms with Gasteiger partial charge in [-0.2, -0.15) is 0 Å². The van der Waals surface area contributed by atoms with Crippen LogP contribution in [-0.4, -0.2) is 15.9 Å². The summed E-state index contributed by atoms with van der Waals surface area (Å²) in [4.78, 5) is 32.2. The zero-order chi connectivity index (χ0) is 20.1. The molecule has 0 radical (unpaired) electrons. The Bertz CT molecular complexity index is 1050. The number of hydrogen-bond acceptors (Lipinski definition) is 4. The molecule has 1 heterocycles. The largest absolute Gasteiger partial charge is 0.326 e. The van der Waals surface area contributed by atoms with Crippen LogP contribution in [0, 0.1) is 20.8 Å². The highest BCUT2D eigenvalue weighted by atomic mass is 32.2. The monoisotopic (exact) mass is 393 g/mol. The van der Waals surface area contributed by atoms with E-state index >= 15 is 0 Å². The van der Waals surface area contributed by atoms with E-state index in [9.17, 15) is 9.59 Å². The summed E-state index contributed by atoms with van der Waals surface area (Å²) in [5.74, 6) is 0.490. The second-order valence-corrected chi connectivity index (χ2v) is 7.72. The van der Waals surface area contributed by atoms with Crippen molar-refractivity contribution in [2.24, 2.45) is 0 Å². The van der Waals surface area contributed by atoms with Crippen LogP contribution in [0.15, 0.2) is 58.5 Å². The van der Waals surface area contributed by atoms with Crippen molar-refractivity contribution in [2.75, 3.05) is 5.32 Å². The van der Waals surface area contributed by atoms with Gasteiger partial charge in [0.25, 0.3) is 5.56 Å². The van der Waals surface area contributed by atoms with Crippen LogP contribution in [0.2, 0.25) is 0 Å². The van der Waals surface area contributed by atoms with E-state index in [4.69, 9.17) is 0 Å². The fourth-order valence-electron chi connectivity index (χ4n) is 2.81. The van der Waals surface area contributed by atoms with Crippen molar-refractivity contribution < 1.29 is 4.79 Å². The third kappa shape index (κ3) is 5.10. The molecular weight excluding hydrogens is 370 g/mol. The van der Waals surface area contributed by atoms with Crippen LogP contribution in [0.5, 0.6) is 0 Å². The van der Waals surface area contributed by atoms with E-state index in [1.165, 1.54) is 11.8 Å². The summed E-state index contributed by atoms with van der Waals surface area (Å²) < 4.78 is 0. The highest BCUT2D eigenvalue weighted by Gasteiger charge is 2.14. The molecule has 2 N–H and O–H groups in total. The van der Waals surface area contributed by atoms with Gasteiger partial charge in [-0.05, 0) is 43.5 Å². The van der Waals surface area contributed by atoms with Gasteiger partial charge >= 0.3 is 0 Å². The molecule has 6 heteroatoms. The van der Waals surface area contributed by atoms with Crippen molar-refractivity contribution in [1.82, 2.24) is 9.97 Å². The summed E-state index contributed by atoms with van der Waals surface area (Å²) in [6.07, 6.45) is -0.00875. The number of benzene rings is 2. The number of aryl methyl sites for hydroxylation is 3. The molecule has 0 unspecified atom stereocenters. The Balaban J connectivity index is 1.69. The molecule has 0 saturated carbocycles. The summed E-state index contributed by atoms with van der Waals surface area (Å²) >= 11 is 1.47. The molecule has 144 valence electrons. The van der Waals surface area contributed by atoms with E-state index < -0.39 is 0 Å². The second-order valence-electron chi connectivity index (χ2n) is 6.75. The molecule has 3 rings (SSSR count). The number of nitrogens with zero attached hydrogens (tertiary/aromatic N) is 1. The topological polar surface area (TPSA) is 74.8 Å². The fraction of sp³-hybridized carbons (Fsp3) is 0.227. The van der Waals surface area contributed by atoms with Gasteiger partial charge in [0.15, 0.2) is 5.16 Å². The standard InChI is InChI=1S/C22H23N3O2S/c1-14-9-10-15(2)19(11-14)24-20(26)12-18-16(3)23-22(25-21(18)27)28-13-17-7-5-4-6-8-17/h4-11H,12-13H2,1-3H3,(H,24,26)(H,23,25,27). The Morgan fingerprint density at radius 1 is 1.11 bits per heavy atom. The molecule has 28 heavy (non-hydrogen) atoms. The average Bonchev–Trinajstić information content (AvgIpc) is 2.67. The van der Waals surface area contributed by atoms with Crippen molar-refractivity contribution >= 4 is 23.4 Å². The van der Waals surface area contributed by atoms with Gasteiger partial charge in [-0.3, -0.25) is 9.59 Å². The highest BCUT2D eigenvalue weighted by molar-refractivity contribution is 7.98. The second kappa shape index (κ2) is 8.89. The number of nitrogens with one attached hydrogen (secondary N) is 2. The van der Waals surface area contributed by atoms with Crippen LogP contribution < -0.4 is 10.9 Å². The molecule has 0 aliphatic rings. The number of carbonyl (C=O) groups is 1. The zero-order valence-electron chi connectivity index (χ0n) is 16.2. The Morgan fingerprint density at radius 3 is 2.57 bits per heavy atom. The third-order valence-corrected chi connectivity index (χ3v) is 5.37. The predicted octanol–water partition coefficient (Wildman–Crippen LogP) is 4.17. The molecule has 5 nitrogen and oxygen atoms in total. The smallest absolute Gasteiger partial charge is 0.255 e. The quantitative estimate of drug-likeness (QED) is 0.487. The van der Waals surface area contributed by atoms with Crippen molar-refractivity contribution in [3.8, 4) is 0 Å². The van der Waals surface area contributed by atoms with E-state index in [-0.39, 0.29) is 17.9 Å². The number of thioether (sulfide) groups is 1. The van der Waals surface area contributed by atoms with E-state index in [0.717, 1.165) is 28.1 Å². The van der Waals surface area contributed by atoms with E-state index in [0.29, 0.717) is 16.4 Å². The molecule has 0 aliphatic carbocycles. The molecule has 3 aromatic rings. The fourth-order valence-corrected chi connectivity index (χ4v) is 3.67. The molecule has 0 aliphatic heterocycles. The van der Waals surface area contributed by atoms with Gasteiger partial charge < -0.3 is 10.3 Å². The Hall–Kier alpha value is -2.86. The number of carbonyl (C=O) groups excluding carboxylic acids is 1. The number of aromatic amines is 1. The number of H-pyrrole nitrogens is 1. The van der Waals surface area contributed by atoms with Crippen LogP contribution in [0.25, 0.3) is 0 Å². The molecule has 0 spiro atoms. The van der Waals surface area contributed by atoms with E-state index in [1.807, 2.05) is 62.4 Å². The molecule has 0 bridgehead atoms. The zero-order valence-corrected chi connectivity index (χ0v) is 17.0. The first-order chi connectivity index (χ1) is 13.4. The lowest BCUT2D eigenvalue weighted by atomic mass is 10.1. The minimum atomic E-state index is -0.265. The molecular formula is C22H23N3O2S. The number of aromatic nitrogens is 2. The number of hydrogen-bond donors (Lipinski definition) is 2. The Labute approximate surface area is 168 Å². The molecule has 0 saturated heterocycles. The maximum absolute atomic E-state index is 12.5. The van der Waals surface area contributed by atoms with Crippen molar-refractivity contribution in [2.45, 2.75) is 38.1 Å². The first kappa shape index (κ1) is 19.9. The lowest BCUT2D eigenvalue weighted by Crippen LogP contribution is -2.24. The minimum absolute atomic E-state index is 0.00875. The molecule has 2 aromatic carbocycles. The summed E-state index contributed by atoms with van der Waals surface area (Å²) in [7, 11) is 0. The number of amides is 1. The normalized spacial score (nSPS) is 10.7. The van der Waals surface area contributed by atoms with E-state index in [1.54, 1.807) is 6.92 Å². The maximum Gasteiger partial charge on any atom is 0.255 e. The van der Waals surface area contributed by atoms with Gasteiger partial charge in [-0.1, -0.05) is 54.2 Å². The Morgan fingerprint density at radius 2 is 1.86 bits per heavy atom. The first-order valence-corrected chi connectivity index (χ1v) is 10.0. The minimum Gasteiger partial charge on any atom is -0.326 e. The first-order valence-electron chi connectivity index (χ1n) is 9.06. The van der Waals surface area contributed by atoms with Gasteiger partial charge in [0.2, 0.25) is 5.91 Å². The summed E-state index contributed by atoms with van der Waals surface area (Å²) in [5.41, 5.74) is 4.68. The van der Waals surface area contributed by atoms with Gasteiger partial charge in [-0.25, -0.2) is 4.98 Å². The van der Waals surface area contributed by atoms with Gasteiger partial charge in [-0.15, -0.1) is 0 Å². The highest BCUT2D eigenvalue weighted by Crippen LogP contribution is 2.19. The predicted molar refractivity (Wildman–Crippen MR) is 114 cm³/mol. The third-order valence-electron chi connectivity index (χ3n) is 4.42. The van der Waals surface area contributed by atoms with Gasteiger partial charge in [0.05, 0.1) is 6.42 Å². The van der Waals surface area contributed by atoms with Crippen molar-refractivity contribution in [3.05, 3.63) is 86.8 Å².